The molecule has 2 atom stereocenters. The van der Waals surface area contributed by atoms with Gasteiger partial charge in [0.2, 0.25) is 0 Å². The first-order chi connectivity index (χ1) is 10.1. The van der Waals surface area contributed by atoms with Crippen molar-refractivity contribution < 1.29 is 4.92 Å². The Balaban J connectivity index is 1.89. The Labute approximate surface area is 125 Å². The summed E-state index contributed by atoms with van der Waals surface area (Å²) in [7, 11) is 2.05. The van der Waals surface area contributed by atoms with Crippen LogP contribution in [-0.4, -0.2) is 30.1 Å². The zero-order valence-electron chi connectivity index (χ0n) is 12.7. The summed E-state index contributed by atoms with van der Waals surface area (Å²) in [5.41, 5.74) is 2.13. The number of nitrogens with one attached hydrogen (secondary N) is 1. The fraction of sp³-hybridized carbons (Fsp3) is 0.625. The first-order valence-electron chi connectivity index (χ1n) is 7.80. The van der Waals surface area contributed by atoms with Gasteiger partial charge in [0.1, 0.15) is 0 Å². The summed E-state index contributed by atoms with van der Waals surface area (Å²) in [6, 6.07) is 7.31. The van der Waals surface area contributed by atoms with Crippen LogP contribution >= 0.6 is 0 Å². The molecule has 21 heavy (non-hydrogen) atoms. The maximum Gasteiger partial charge on any atom is 0.272 e. The lowest BCUT2D eigenvalue weighted by Crippen LogP contribution is -2.56. The Morgan fingerprint density at radius 2 is 1.95 bits per heavy atom. The Morgan fingerprint density at radius 3 is 2.48 bits per heavy atom. The highest BCUT2D eigenvalue weighted by Crippen LogP contribution is 2.38. The third-order valence-corrected chi connectivity index (χ3v) is 5.06. The minimum atomic E-state index is -0.298. The van der Waals surface area contributed by atoms with Crippen LogP contribution in [0.2, 0.25) is 0 Å². The van der Waals surface area contributed by atoms with Gasteiger partial charge in [0, 0.05) is 35.4 Å². The lowest BCUT2D eigenvalue weighted by molar-refractivity contribution is -0.385. The van der Waals surface area contributed by atoms with Crippen molar-refractivity contribution in [3.05, 3.63) is 33.9 Å². The second-order valence-electron chi connectivity index (χ2n) is 6.33. The van der Waals surface area contributed by atoms with Crippen LogP contribution < -0.4 is 10.2 Å². The van der Waals surface area contributed by atoms with Gasteiger partial charge in [-0.05, 0) is 58.2 Å². The standard InChI is InChI=1S/C16H23N3O2/c1-11-8-15(6-7-16(11)19(20)21)18-13-4-3-5-14(18)10-12(9-13)17-2/h6-8,12-14,17H,3-5,9-10H2,1-2H3. The van der Waals surface area contributed by atoms with Crippen LogP contribution in [0, 0.1) is 17.0 Å². The molecule has 5 heteroatoms. The number of hydrogen-bond acceptors (Lipinski definition) is 4. The van der Waals surface area contributed by atoms with Crippen LogP contribution in [-0.2, 0) is 0 Å². The number of fused-ring (bicyclic) bond motifs is 2. The van der Waals surface area contributed by atoms with Crippen LogP contribution in [0.3, 0.4) is 0 Å². The van der Waals surface area contributed by atoms with Crippen molar-refractivity contribution in [2.75, 3.05) is 11.9 Å². The first-order valence-corrected chi connectivity index (χ1v) is 7.80. The molecule has 3 rings (SSSR count). The Morgan fingerprint density at radius 1 is 1.29 bits per heavy atom. The number of benzene rings is 1. The van der Waals surface area contributed by atoms with Crippen molar-refractivity contribution in [1.29, 1.82) is 0 Å². The average molecular weight is 289 g/mol. The Kier molecular flexibility index (Phi) is 3.85. The molecular weight excluding hydrogens is 266 g/mol. The van der Waals surface area contributed by atoms with Gasteiger partial charge in [0.15, 0.2) is 0 Å². The normalized spacial score (nSPS) is 28.5. The summed E-state index contributed by atoms with van der Waals surface area (Å²) in [4.78, 5) is 13.2. The molecule has 1 N–H and O–H groups in total. The Bertz CT molecular complexity index is 532. The van der Waals surface area contributed by atoms with Gasteiger partial charge in [-0.2, -0.15) is 0 Å². The van der Waals surface area contributed by atoms with E-state index in [4.69, 9.17) is 0 Å². The number of aryl methyl sites for hydroxylation is 1. The quantitative estimate of drug-likeness (QED) is 0.686. The molecule has 1 aromatic carbocycles. The topological polar surface area (TPSA) is 58.4 Å². The molecule has 2 saturated heterocycles. The van der Waals surface area contributed by atoms with Gasteiger partial charge < -0.3 is 10.2 Å². The molecule has 2 aliphatic heterocycles. The van der Waals surface area contributed by atoms with Gasteiger partial charge in [0.25, 0.3) is 5.69 Å². The largest absolute Gasteiger partial charge is 0.365 e. The van der Waals surface area contributed by atoms with E-state index in [-0.39, 0.29) is 10.6 Å². The summed E-state index contributed by atoms with van der Waals surface area (Å²) in [5.74, 6) is 0. The van der Waals surface area contributed by atoms with Crippen molar-refractivity contribution >= 4 is 11.4 Å². The van der Waals surface area contributed by atoms with E-state index in [1.54, 1.807) is 6.07 Å². The minimum absolute atomic E-state index is 0.217. The van der Waals surface area contributed by atoms with E-state index < -0.39 is 0 Å². The molecule has 114 valence electrons. The highest BCUT2D eigenvalue weighted by Gasteiger charge is 2.38. The zero-order chi connectivity index (χ0) is 15.0. The smallest absolute Gasteiger partial charge is 0.272 e. The van der Waals surface area contributed by atoms with E-state index in [9.17, 15) is 10.1 Å². The summed E-state index contributed by atoms with van der Waals surface area (Å²) in [6.07, 6.45) is 6.09. The van der Waals surface area contributed by atoms with Crippen LogP contribution in [0.15, 0.2) is 18.2 Å². The van der Waals surface area contributed by atoms with Gasteiger partial charge in [-0.3, -0.25) is 10.1 Å². The predicted molar refractivity (Wildman–Crippen MR) is 83.8 cm³/mol. The molecular formula is C16H23N3O2. The third kappa shape index (κ3) is 2.62. The Hall–Kier alpha value is -1.62. The third-order valence-electron chi connectivity index (χ3n) is 5.06. The SMILES string of the molecule is CNC1CC2CCCC(C1)N2c1ccc([N+](=O)[O-])c(C)c1. The highest BCUT2D eigenvalue weighted by atomic mass is 16.6. The second-order valence-corrected chi connectivity index (χ2v) is 6.33. The number of nitro groups is 1. The van der Waals surface area contributed by atoms with Crippen molar-refractivity contribution in [1.82, 2.24) is 5.32 Å². The van der Waals surface area contributed by atoms with Crippen molar-refractivity contribution in [2.45, 2.75) is 57.2 Å². The molecule has 1 aromatic rings. The lowest BCUT2D eigenvalue weighted by Gasteiger charge is -2.50. The summed E-state index contributed by atoms with van der Waals surface area (Å²) in [5, 5.41) is 14.4. The summed E-state index contributed by atoms with van der Waals surface area (Å²) < 4.78 is 0. The van der Waals surface area contributed by atoms with Crippen molar-refractivity contribution in [3.63, 3.8) is 0 Å². The monoisotopic (exact) mass is 289 g/mol. The summed E-state index contributed by atoms with van der Waals surface area (Å²) >= 11 is 0. The van der Waals surface area contributed by atoms with Crippen LogP contribution in [0.1, 0.15) is 37.7 Å². The van der Waals surface area contributed by atoms with Gasteiger partial charge in [-0.25, -0.2) is 0 Å². The number of anilines is 1. The molecule has 0 amide bonds. The molecule has 2 heterocycles. The van der Waals surface area contributed by atoms with Gasteiger partial charge >= 0.3 is 0 Å². The predicted octanol–water partition coefficient (Wildman–Crippen LogP) is 3.01. The zero-order valence-corrected chi connectivity index (χ0v) is 12.7. The van der Waals surface area contributed by atoms with Crippen LogP contribution in [0.4, 0.5) is 11.4 Å². The van der Waals surface area contributed by atoms with E-state index in [0.29, 0.717) is 18.1 Å². The van der Waals surface area contributed by atoms with E-state index in [1.165, 1.54) is 32.1 Å². The number of piperidine rings is 2. The molecule has 0 aromatic heterocycles. The van der Waals surface area contributed by atoms with Crippen molar-refractivity contribution in [3.8, 4) is 0 Å². The fourth-order valence-electron chi connectivity index (χ4n) is 4.04. The fourth-order valence-corrected chi connectivity index (χ4v) is 4.04. The number of hydrogen-bond donors (Lipinski definition) is 1. The second kappa shape index (κ2) is 5.64. The minimum Gasteiger partial charge on any atom is -0.365 e. The highest BCUT2D eigenvalue weighted by molar-refractivity contribution is 5.57. The van der Waals surface area contributed by atoms with E-state index >= 15 is 0 Å². The molecule has 2 aliphatic rings. The molecule has 2 fully saturated rings. The molecule has 0 saturated carbocycles. The van der Waals surface area contributed by atoms with E-state index in [1.807, 2.05) is 26.1 Å². The van der Waals surface area contributed by atoms with E-state index in [2.05, 4.69) is 10.2 Å². The number of nitrogens with zero attached hydrogens (tertiary/aromatic N) is 2. The number of rotatable bonds is 3. The van der Waals surface area contributed by atoms with E-state index in [0.717, 1.165) is 11.3 Å². The lowest BCUT2D eigenvalue weighted by atomic mass is 9.81. The maximum atomic E-state index is 11.0. The molecule has 0 spiro atoms. The average Bonchev–Trinajstić information content (AvgIpc) is 2.45. The van der Waals surface area contributed by atoms with Gasteiger partial charge in [-0.15, -0.1) is 0 Å². The molecule has 2 bridgehead atoms. The molecule has 2 unspecified atom stereocenters. The first kappa shape index (κ1) is 14.3. The van der Waals surface area contributed by atoms with Crippen LogP contribution in [0.25, 0.3) is 0 Å². The van der Waals surface area contributed by atoms with Gasteiger partial charge in [0.05, 0.1) is 4.92 Å². The molecule has 5 nitrogen and oxygen atoms in total. The summed E-state index contributed by atoms with van der Waals surface area (Å²) in [6.45, 7) is 1.83. The maximum absolute atomic E-state index is 11.0. The molecule has 0 aliphatic carbocycles. The van der Waals surface area contributed by atoms with Gasteiger partial charge in [-0.1, -0.05) is 0 Å². The molecule has 0 radical (unpaired) electrons. The van der Waals surface area contributed by atoms with Crippen molar-refractivity contribution in [2.24, 2.45) is 0 Å². The number of nitro benzene ring substituents is 1. The van der Waals surface area contributed by atoms with Crippen LogP contribution in [0.5, 0.6) is 0 Å².